The Hall–Kier alpha value is -2.85. The minimum absolute atomic E-state index is 0.0102. The van der Waals surface area contributed by atoms with Crippen molar-refractivity contribution in [3.8, 4) is 0 Å². The highest BCUT2D eigenvalue weighted by Gasteiger charge is 2.40. The number of nitrogens with zero attached hydrogens (tertiary/aromatic N) is 4. The summed E-state index contributed by atoms with van der Waals surface area (Å²) >= 11 is 7.48. The number of ether oxygens (including phenoxy) is 1. The molecule has 3 fully saturated rings. The molecule has 43 heavy (non-hydrogen) atoms. The number of benzene rings is 1. The van der Waals surface area contributed by atoms with E-state index in [0.717, 1.165) is 67.0 Å². The van der Waals surface area contributed by atoms with Crippen molar-refractivity contribution in [1.82, 2.24) is 19.6 Å². The van der Waals surface area contributed by atoms with Crippen molar-refractivity contribution in [2.45, 2.75) is 37.8 Å². The second-order valence-corrected chi connectivity index (χ2v) is 13.4. The molecule has 0 radical (unpaired) electrons. The number of likely N-dealkylation sites (N-methyl/N-ethyl adjacent to an activating group) is 1. The lowest BCUT2D eigenvalue weighted by Crippen LogP contribution is -2.47. The molecule has 3 atom stereocenters. The van der Waals surface area contributed by atoms with Crippen molar-refractivity contribution < 1.29 is 19.1 Å². The fraction of sp³-hybridized carbons (Fsp3) is 0.485. The van der Waals surface area contributed by atoms with Crippen LogP contribution in [-0.2, 0) is 14.3 Å². The van der Waals surface area contributed by atoms with Crippen LogP contribution < -0.4 is 0 Å². The van der Waals surface area contributed by atoms with Crippen LogP contribution in [0.5, 0.6) is 0 Å². The van der Waals surface area contributed by atoms with Crippen molar-refractivity contribution in [3.63, 3.8) is 0 Å². The Balaban J connectivity index is 1.19. The summed E-state index contributed by atoms with van der Waals surface area (Å²) in [7, 11) is 1.83. The standard InChI is InChI=1S/C33H39ClN4O4S/c1-35(31(39)22-38-28-20-27(34)11-12-30(28)43-33(38)41)29(21-36-15-17-42-18-16-36)24-9-7-23(8-10-24)25-5-4-6-26(19-25)32(40)37-13-2-3-14-37/h4-5,7-12,19,26,28-29H,2-3,6,13-18,20-22H2,1H3. The van der Waals surface area contributed by atoms with Crippen LogP contribution in [0.15, 0.2) is 64.6 Å². The van der Waals surface area contributed by atoms with Gasteiger partial charge in [0.2, 0.25) is 11.8 Å². The number of likely N-dealkylation sites (tertiary alicyclic amines) is 1. The molecule has 1 aromatic rings. The summed E-state index contributed by atoms with van der Waals surface area (Å²) in [5.74, 6) is 0.00190. The molecule has 3 amide bonds. The zero-order valence-electron chi connectivity index (χ0n) is 24.6. The molecule has 0 bridgehead atoms. The Bertz CT molecular complexity index is 1360. The number of rotatable bonds is 8. The summed E-state index contributed by atoms with van der Waals surface area (Å²) in [4.78, 5) is 48.3. The number of halogens is 1. The molecule has 0 aromatic heterocycles. The monoisotopic (exact) mass is 622 g/mol. The first kappa shape index (κ1) is 30.2. The molecule has 3 aliphatic heterocycles. The zero-order valence-corrected chi connectivity index (χ0v) is 26.2. The van der Waals surface area contributed by atoms with Crippen molar-refractivity contribution in [2.24, 2.45) is 5.92 Å². The van der Waals surface area contributed by atoms with Gasteiger partial charge in [0, 0.05) is 56.1 Å². The van der Waals surface area contributed by atoms with E-state index in [0.29, 0.717) is 31.2 Å². The van der Waals surface area contributed by atoms with Gasteiger partial charge in [0.05, 0.1) is 31.2 Å². The maximum absolute atomic E-state index is 13.7. The van der Waals surface area contributed by atoms with Crippen LogP contribution in [0, 0.1) is 5.92 Å². The van der Waals surface area contributed by atoms with Crippen molar-refractivity contribution in [3.05, 3.63) is 75.7 Å². The quantitative estimate of drug-likeness (QED) is 0.404. The second kappa shape index (κ2) is 13.4. The van der Waals surface area contributed by atoms with E-state index in [9.17, 15) is 14.4 Å². The third-order valence-corrected chi connectivity index (χ3v) is 10.4. The number of hydrogen-bond acceptors (Lipinski definition) is 6. The molecule has 2 aliphatic carbocycles. The summed E-state index contributed by atoms with van der Waals surface area (Å²) in [5, 5.41) is 0.581. The number of carbonyl (C=O) groups excluding carboxylic acids is 3. The Morgan fingerprint density at radius 2 is 1.84 bits per heavy atom. The number of hydrogen-bond donors (Lipinski definition) is 0. The van der Waals surface area contributed by atoms with Gasteiger partial charge >= 0.3 is 0 Å². The molecule has 5 aliphatic rings. The van der Waals surface area contributed by atoms with Crippen LogP contribution in [-0.4, -0.2) is 102 Å². The Kier molecular flexibility index (Phi) is 9.42. The maximum atomic E-state index is 13.7. The van der Waals surface area contributed by atoms with Gasteiger partial charge in [0.15, 0.2) is 0 Å². The molecule has 3 unspecified atom stereocenters. The third-order valence-electron chi connectivity index (χ3n) is 9.09. The SMILES string of the molecule is CN(C(=O)CN1C(=O)SC2=CC=C(Cl)CC21)C(CN1CCOCC1)c1ccc(C2=CC(C(=O)N3CCCC3)CC=C2)cc1. The van der Waals surface area contributed by atoms with E-state index < -0.39 is 0 Å². The average Bonchev–Trinajstić information content (AvgIpc) is 3.68. The lowest BCUT2D eigenvalue weighted by Gasteiger charge is -2.36. The average molecular weight is 623 g/mol. The van der Waals surface area contributed by atoms with Gasteiger partial charge in [-0.1, -0.05) is 54.1 Å². The smallest absolute Gasteiger partial charge is 0.287 e. The highest BCUT2D eigenvalue weighted by molar-refractivity contribution is 8.17. The van der Waals surface area contributed by atoms with Crippen LogP contribution in [0.4, 0.5) is 4.79 Å². The van der Waals surface area contributed by atoms with E-state index in [1.807, 2.05) is 24.1 Å². The minimum Gasteiger partial charge on any atom is -0.379 e. The number of amides is 3. The summed E-state index contributed by atoms with van der Waals surface area (Å²) < 4.78 is 5.57. The Morgan fingerprint density at radius 3 is 2.58 bits per heavy atom. The van der Waals surface area contributed by atoms with Crippen LogP contribution in [0.2, 0.25) is 0 Å². The molecular weight excluding hydrogens is 584 g/mol. The molecule has 1 aromatic carbocycles. The van der Waals surface area contributed by atoms with Crippen molar-refractivity contribution in [2.75, 3.05) is 59.5 Å². The van der Waals surface area contributed by atoms with Gasteiger partial charge in [0.25, 0.3) is 5.24 Å². The molecule has 8 nitrogen and oxygen atoms in total. The number of morpholine rings is 1. The molecule has 228 valence electrons. The number of thioether (sulfide) groups is 1. The first-order chi connectivity index (χ1) is 20.9. The lowest BCUT2D eigenvalue weighted by molar-refractivity contribution is -0.134. The van der Waals surface area contributed by atoms with Gasteiger partial charge in [-0.2, -0.15) is 0 Å². The van der Waals surface area contributed by atoms with Crippen LogP contribution >= 0.6 is 23.4 Å². The van der Waals surface area contributed by atoms with Crippen LogP contribution in [0.3, 0.4) is 0 Å². The second-order valence-electron chi connectivity index (χ2n) is 11.9. The summed E-state index contributed by atoms with van der Waals surface area (Å²) in [6.45, 7) is 5.37. The van der Waals surface area contributed by atoms with Crippen molar-refractivity contribution in [1.29, 1.82) is 0 Å². The highest BCUT2D eigenvalue weighted by Crippen LogP contribution is 2.41. The van der Waals surface area contributed by atoms with Gasteiger partial charge in [-0.25, -0.2) is 0 Å². The highest BCUT2D eigenvalue weighted by atomic mass is 35.5. The lowest BCUT2D eigenvalue weighted by atomic mass is 9.90. The van der Waals surface area contributed by atoms with E-state index in [1.165, 1.54) is 11.8 Å². The van der Waals surface area contributed by atoms with E-state index in [-0.39, 0.29) is 41.6 Å². The van der Waals surface area contributed by atoms with Gasteiger partial charge in [-0.3, -0.25) is 19.3 Å². The summed E-state index contributed by atoms with van der Waals surface area (Å²) in [6.07, 6.45) is 13.5. The van der Waals surface area contributed by atoms with E-state index >= 15 is 0 Å². The van der Waals surface area contributed by atoms with Gasteiger partial charge in [-0.15, -0.1) is 0 Å². The summed E-state index contributed by atoms with van der Waals surface area (Å²) in [5.41, 5.74) is 3.14. The molecule has 10 heteroatoms. The maximum Gasteiger partial charge on any atom is 0.287 e. The first-order valence-corrected chi connectivity index (χ1v) is 16.4. The van der Waals surface area contributed by atoms with Crippen LogP contribution in [0.1, 0.15) is 42.9 Å². The minimum atomic E-state index is -0.199. The Morgan fingerprint density at radius 1 is 1.09 bits per heavy atom. The zero-order chi connectivity index (χ0) is 29.9. The predicted molar refractivity (Wildman–Crippen MR) is 170 cm³/mol. The van der Waals surface area contributed by atoms with Gasteiger partial charge in [0.1, 0.15) is 6.54 Å². The summed E-state index contributed by atoms with van der Waals surface area (Å²) in [6, 6.07) is 7.99. The molecule has 3 saturated heterocycles. The largest absolute Gasteiger partial charge is 0.379 e. The van der Waals surface area contributed by atoms with E-state index in [1.54, 1.807) is 9.80 Å². The molecule has 6 rings (SSSR count). The normalized spacial score (nSPS) is 24.8. The van der Waals surface area contributed by atoms with E-state index in [2.05, 4.69) is 47.4 Å². The van der Waals surface area contributed by atoms with Gasteiger partial charge in [-0.05, 0) is 59.9 Å². The topological polar surface area (TPSA) is 73.4 Å². The number of carbonyl (C=O) groups is 3. The fourth-order valence-electron chi connectivity index (χ4n) is 6.49. The fourth-order valence-corrected chi connectivity index (χ4v) is 7.69. The molecule has 3 heterocycles. The van der Waals surface area contributed by atoms with Crippen molar-refractivity contribution >= 4 is 46.0 Å². The molecule has 0 saturated carbocycles. The van der Waals surface area contributed by atoms with Gasteiger partial charge < -0.3 is 19.4 Å². The molecule has 0 N–H and O–H groups in total. The molecule has 0 spiro atoms. The first-order valence-electron chi connectivity index (χ1n) is 15.3. The number of allylic oxidation sites excluding steroid dienone is 5. The van der Waals surface area contributed by atoms with Crippen LogP contribution in [0.25, 0.3) is 5.57 Å². The predicted octanol–water partition coefficient (Wildman–Crippen LogP) is 5.05. The third kappa shape index (κ3) is 6.80. The Labute approximate surface area is 263 Å². The number of fused-ring (bicyclic) bond motifs is 1. The molecular formula is C33H39ClN4O4S. The van der Waals surface area contributed by atoms with E-state index in [4.69, 9.17) is 16.3 Å².